The molecule has 2 atom stereocenters. The number of carbonyl (C=O) groups excluding carboxylic acids is 1. The Bertz CT molecular complexity index is 1250. The van der Waals surface area contributed by atoms with E-state index in [9.17, 15) is 9.90 Å². The molecule has 186 valence electrons. The Morgan fingerprint density at radius 2 is 1.58 bits per heavy atom. The zero-order valence-electron chi connectivity index (χ0n) is 20.0. The number of carbonyl (C=O) groups is 1. The number of H-pyrrole nitrogens is 1. The van der Waals surface area contributed by atoms with E-state index in [1.165, 1.54) is 11.8 Å². The molecule has 3 aromatic carbocycles. The van der Waals surface area contributed by atoms with E-state index < -0.39 is 6.10 Å². The smallest absolute Gasteiger partial charge is 0.221 e. The Labute approximate surface area is 214 Å². The maximum absolute atomic E-state index is 12.8. The van der Waals surface area contributed by atoms with Crippen molar-refractivity contribution in [1.29, 1.82) is 0 Å². The van der Waals surface area contributed by atoms with E-state index in [0.717, 1.165) is 28.2 Å². The van der Waals surface area contributed by atoms with Gasteiger partial charge in [0.1, 0.15) is 11.5 Å². The van der Waals surface area contributed by atoms with Crippen LogP contribution in [0.5, 0.6) is 11.5 Å². The van der Waals surface area contributed by atoms with Crippen molar-refractivity contribution in [3.63, 3.8) is 0 Å². The van der Waals surface area contributed by atoms with Crippen LogP contribution in [0.2, 0.25) is 0 Å². The first-order valence-electron chi connectivity index (χ1n) is 11.4. The summed E-state index contributed by atoms with van der Waals surface area (Å²) in [6, 6.07) is 24.4. The fourth-order valence-corrected chi connectivity index (χ4v) is 4.62. The number of benzene rings is 3. The summed E-state index contributed by atoms with van der Waals surface area (Å²) in [5.74, 6) is 1.95. The molecule has 4 rings (SSSR count). The van der Waals surface area contributed by atoms with Crippen molar-refractivity contribution < 1.29 is 19.4 Å². The third-order valence-corrected chi connectivity index (χ3v) is 6.73. The molecule has 0 fully saturated rings. The summed E-state index contributed by atoms with van der Waals surface area (Å²) in [6.07, 6.45) is -0.590. The number of aromatic nitrogens is 3. The quantitative estimate of drug-likeness (QED) is 0.257. The molecule has 0 aliphatic carbocycles. The molecule has 8 nitrogen and oxygen atoms in total. The van der Waals surface area contributed by atoms with Crippen molar-refractivity contribution in [2.24, 2.45) is 0 Å². The molecule has 0 saturated carbocycles. The second-order valence-corrected chi connectivity index (χ2v) is 9.18. The second-order valence-electron chi connectivity index (χ2n) is 8.01. The SMILES string of the molecule is COc1ccc(-c2nc(S[C@H](CC(=O)NC[C@@H](O)c3ccccc3)c3ccc(OC)cc3)n[nH]2)cc1. The summed E-state index contributed by atoms with van der Waals surface area (Å²) in [5, 5.41) is 20.8. The predicted octanol–water partition coefficient (Wildman–Crippen LogP) is 4.56. The molecule has 1 amide bonds. The van der Waals surface area contributed by atoms with Crippen LogP contribution < -0.4 is 14.8 Å². The third-order valence-electron chi connectivity index (χ3n) is 5.61. The maximum Gasteiger partial charge on any atom is 0.221 e. The first-order chi connectivity index (χ1) is 17.6. The summed E-state index contributed by atoms with van der Waals surface area (Å²) in [5.41, 5.74) is 2.57. The number of aliphatic hydroxyl groups excluding tert-OH is 1. The lowest BCUT2D eigenvalue weighted by atomic mass is 10.1. The van der Waals surface area contributed by atoms with Crippen molar-refractivity contribution in [3.05, 3.63) is 90.0 Å². The van der Waals surface area contributed by atoms with Crippen LogP contribution in [0.4, 0.5) is 0 Å². The summed E-state index contributed by atoms with van der Waals surface area (Å²) in [6.45, 7) is 0.130. The van der Waals surface area contributed by atoms with Crippen LogP contribution >= 0.6 is 11.8 Å². The van der Waals surface area contributed by atoms with Crippen molar-refractivity contribution in [2.75, 3.05) is 20.8 Å². The number of aromatic amines is 1. The number of hydrogen-bond donors (Lipinski definition) is 3. The maximum atomic E-state index is 12.8. The third kappa shape index (κ3) is 6.65. The first-order valence-corrected chi connectivity index (χ1v) is 12.3. The number of nitrogens with one attached hydrogen (secondary N) is 2. The Morgan fingerprint density at radius 3 is 2.22 bits per heavy atom. The molecule has 0 aliphatic heterocycles. The summed E-state index contributed by atoms with van der Waals surface area (Å²) >= 11 is 1.40. The zero-order chi connectivity index (χ0) is 25.3. The van der Waals surface area contributed by atoms with Gasteiger partial charge in [0.05, 0.1) is 20.3 Å². The highest BCUT2D eigenvalue weighted by molar-refractivity contribution is 7.99. The molecule has 4 aromatic rings. The largest absolute Gasteiger partial charge is 0.497 e. The van der Waals surface area contributed by atoms with Crippen LogP contribution in [-0.2, 0) is 4.79 Å². The normalized spacial score (nSPS) is 12.5. The molecule has 0 unspecified atom stereocenters. The second kappa shape index (κ2) is 12.2. The average Bonchev–Trinajstić information content (AvgIpc) is 3.40. The van der Waals surface area contributed by atoms with Gasteiger partial charge in [-0.3, -0.25) is 9.89 Å². The van der Waals surface area contributed by atoms with E-state index in [4.69, 9.17) is 9.47 Å². The number of amides is 1. The van der Waals surface area contributed by atoms with E-state index in [-0.39, 0.29) is 24.1 Å². The van der Waals surface area contributed by atoms with Gasteiger partial charge >= 0.3 is 0 Å². The van der Waals surface area contributed by atoms with Crippen LogP contribution in [0.15, 0.2) is 84.0 Å². The van der Waals surface area contributed by atoms with Gasteiger partial charge in [0, 0.05) is 23.8 Å². The lowest BCUT2D eigenvalue weighted by molar-refractivity contribution is -0.121. The van der Waals surface area contributed by atoms with Crippen LogP contribution in [0.3, 0.4) is 0 Å². The van der Waals surface area contributed by atoms with Gasteiger partial charge in [0.15, 0.2) is 5.82 Å². The van der Waals surface area contributed by atoms with Gasteiger partial charge in [-0.2, -0.15) is 0 Å². The minimum atomic E-state index is -0.776. The molecule has 0 bridgehead atoms. The molecule has 9 heteroatoms. The molecule has 0 spiro atoms. The minimum Gasteiger partial charge on any atom is -0.497 e. The monoisotopic (exact) mass is 504 g/mol. The molecule has 3 N–H and O–H groups in total. The van der Waals surface area contributed by atoms with Gasteiger partial charge in [0.2, 0.25) is 11.1 Å². The highest BCUT2D eigenvalue weighted by Crippen LogP contribution is 2.37. The van der Waals surface area contributed by atoms with E-state index in [1.807, 2.05) is 78.9 Å². The number of nitrogens with zero attached hydrogens (tertiary/aromatic N) is 2. The zero-order valence-corrected chi connectivity index (χ0v) is 20.9. The Balaban J connectivity index is 1.46. The number of rotatable bonds is 11. The molecule has 1 aromatic heterocycles. The highest BCUT2D eigenvalue weighted by Gasteiger charge is 2.21. The Kier molecular flexibility index (Phi) is 8.59. The van der Waals surface area contributed by atoms with Gasteiger partial charge in [-0.05, 0) is 47.5 Å². The number of hydrogen-bond acceptors (Lipinski definition) is 7. The standard InChI is InChI=1S/C27H28N4O4S/c1-34-21-12-8-19(9-13-21)24(16-25(33)28-17-23(32)18-6-4-3-5-7-18)36-27-29-26(30-31-27)20-10-14-22(35-2)15-11-20/h3-15,23-24,32H,16-17H2,1-2H3,(H,28,33)(H,29,30,31)/t23-,24-/m1/s1. The Hall–Kier alpha value is -3.82. The average molecular weight is 505 g/mol. The van der Waals surface area contributed by atoms with Crippen molar-refractivity contribution in [3.8, 4) is 22.9 Å². The molecule has 36 heavy (non-hydrogen) atoms. The molecular weight excluding hydrogens is 476 g/mol. The molecule has 1 heterocycles. The minimum absolute atomic E-state index is 0.130. The number of thioether (sulfide) groups is 1. The lowest BCUT2D eigenvalue weighted by Gasteiger charge is -2.17. The van der Waals surface area contributed by atoms with E-state index in [2.05, 4.69) is 20.5 Å². The molecule has 0 aliphatic rings. The van der Waals surface area contributed by atoms with Crippen LogP contribution in [0.25, 0.3) is 11.4 Å². The summed E-state index contributed by atoms with van der Waals surface area (Å²) in [7, 11) is 3.23. The fraction of sp³-hybridized carbons (Fsp3) is 0.222. The summed E-state index contributed by atoms with van der Waals surface area (Å²) in [4.78, 5) is 17.5. The number of aliphatic hydroxyl groups is 1. The molecule has 0 saturated heterocycles. The van der Waals surface area contributed by atoms with Crippen LogP contribution in [0.1, 0.15) is 28.9 Å². The predicted molar refractivity (Wildman–Crippen MR) is 139 cm³/mol. The van der Waals surface area contributed by atoms with E-state index in [1.54, 1.807) is 14.2 Å². The van der Waals surface area contributed by atoms with Gasteiger partial charge in [-0.25, -0.2) is 4.98 Å². The van der Waals surface area contributed by atoms with Gasteiger partial charge < -0.3 is 19.9 Å². The number of methoxy groups -OCH3 is 2. The molecule has 0 radical (unpaired) electrons. The summed E-state index contributed by atoms with van der Waals surface area (Å²) < 4.78 is 10.5. The highest BCUT2D eigenvalue weighted by atomic mass is 32.2. The number of ether oxygens (including phenoxy) is 2. The van der Waals surface area contributed by atoms with Crippen LogP contribution in [0, 0.1) is 0 Å². The van der Waals surface area contributed by atoms with Gasteiger partial charge in [0.25, 0.3) is 0 Å². The Morgan fingerprint density at radius 1 is 0.944 bits per heavy atom. The van der Waals surface area contributed by atoms with E-state index in [0.29, 0.717) is 11.0 Å². The van der Waals surface area contributed by atoms with Crippen molar-refractivity contribution in [1.82, 2.24) is 20.5 Å². The van der Waals surface area contributed by atoms with Gasteiger partial charge in [-0.15, -0.1) is 5.10 Å². The topological polar surface area (TPSA) is 109 Å². The van der Waals surface area contributed by atoms with Crippen molar-refractivity contribution >= 4 is 17.7 Å². The fourth-order valence-electron chi connectivity index (χ4n) is 3.59. The lowest BCUT2D eigenvalue weighted by Crippen LogP contribution is -2.29. The molecular formula is C27H28N4O4S. The van der Waals surface area contributed by atoms with Gasteiger partial charge in [-0.1, -0.05) is 54.2 Å². The first kappa shape index (κ1) is 25.3. The van der Waals surface area contributed by atoms with E-state index >= 15 is 0 Å². The van der Waals surface area contributed by atoms with Crippen molar-refractivity contribution in [2.45, 2.75) is 22.9 Å². The van der Waals surface area contributed by atoms with Crippen LogP contribution in [-0.4, -0.2) is 47.0 Å².